The van der Waals surface area contributed by atoms with Crippen molar-refractivity contribution < 1.29 is 13.2 Å². The number of nitrogens with one attached hydrogen (secondary N) is 2. The molecule has 0 bridgehead atoms. The van der Waals surface area contributed by atoms with Gasteiger partial charge in [-0.3, -0.25) is 9.69 Å². The summed E-state index contributed by atoms with van der Waals surface area (Å²) >= 11 is 0. The predicted molar refractivity (Wildman–Crippen MR) is 123 cm³/mol. The van der Waals surface area contributed by atoms with Crippen LogP contribution in [0.2, 0.25) is 0 Å². The summed E-state index contributed by atoms with van der Waals surface area (Å²) in [6, 6.07) is 14.6. The third-order valence-electron chi connectivity index (χ3n) is 6.19. The fraction of sp³-hybridized carbons (Fsp3) is 0.458. The Morgan fingerprint density at radius 3 is 2.48 bits per heavy atom. The molecule has 2 N–H and O–H groups in total. The Morgan fingerprint density at radius 2 is 1.74 bits per heavy atom. The summed E-state index contributed by atoms with van der Waals surface area (Å²) in [5.41, 5.74) is 2.15. The number of sulfonamides is 1. The van der Waals surface area contributed by atoms with Gasteiger partial charge in [0, 0.05) is 29.9 Å². The number of carbonyl (C=O) groups is 1. The average molecular weight is 442 g/mol. The number of amides is 1. The van der Waals surface area contributed by atoms with E-state index in [-0.39, 0.29) is 16.8 Å². The van der Waals surface area contributed by atoms with E-state index in [1.807, 2.05) is 24.3 Å². The van der Waals surface area contributed by atoms with E-state index in [9.17, 15) is 13.2 Å². The first-order valence-electron chi connectivity index (χ1n) is 11.1. The van der Waals surface area contributed by atoms with E-state index in [0.29, 0.717) is 11.6 Å². The van der Waals surface area contributed by atoms with Gasteiger partial charge in [0.1, 0.15) is 0 Å². The molecule has 166 valence electrons. The van der Waals surface area contributed by atoms with Crippen molar-refractivity contribution in [3.63, 3.8) is 0 Å². The van der Waals surface area contributed by atoms with Crippen molar-refractivity contribution in [2.75, 3.05) is 12.4 Å². The first kappa shape index (κ1) is 22.0. The molecule has 2 saturated carbocycles. The molecule has 0 radical (unpaired) electrons. The zero-order chi connectivity index (χ0) is 21.8. The molecule has 2 aliphatic carbocycles. The van der Waals surface area contributed by atoms with Crippen LogP contribution in [0, 0.1) is 0 Å². The lowest BCUT2D eigenvalue weighted by molar-refractivity contribution is 0.102. The molecular weight excluding hydrogens is 410 g/mol. The molecule has 2 fully saturated rings. The maximum atomic E-state index is 12.9. The SMILES string of the molecule is CN(Cc1ccccc1NC(=O)c1cccc(S(=O)(=O)NC2CC2)c1)C1CCCCC1. The second-order valence-electron chi connectivity index (χ2n) is 8.74. The fourth-order valence-corrected chi connectivity index (χ4v) is 5.54. The van der Waals surface area contributed by atoms with Crippen LogP contribution in [0.5, 0.6) is 0 Å². The van der Waals surface area contributed by atoms with Crippen LogP contribution in [0.15, 0.2) is 53.4 Å². The number of carbonyl (C=O) groups excluding carboxylic acids is 1. The van der Waals surface area contributed by atoms with Crippen LogP contribution in [0.25, 0.3) is 0 Å². The van der Waals surface area contributed by atoms with Crippen LogP contribution in [-0.4, -0.2) is 38.4 Å². The first-order chi connectivity index (χ1) is 14.9. The van der Waals surface area contributed by atoms with E-state index < -0.39 is 10.0 Å². The van der Waals surface area contributed by atoms with E-state index in [2.05, 4.69) is 22.0 Å². The molecule has 2 aromatic carbocycles. The summed E-state index contributed by atoms with van der Waals surface area (Å²) in [6.07, 6.45) is 8.06. The fourth-order valence-electron chi connectivity index (χ4n) is 4.19. The zero-order valence-electron chi connectivity index (χ0n) is 18.0. The molecule has 2 aliphatic rings. The lowest BCUT2D eigenvalue weighted by Gasteiger charge is -2.31. The normalized spacial score (nSPS) is 17.6. The van der Waals surface area contributed by atoms with Gasteiger partial charge in [-0.05, 0) is 62.6 Å². The van der Waals surface area contributed by atoms with Crippen LogP contribution in [-0.2, 0) is 16.6 Å². The van der Waals surface area contributed by atoms with Crippen LogP contribution in [0.3, 0.4) is 0 Å². The molecule has 7 heteroatoms. The number of rotatable bonds is 8. The molecular formula is C24H31N3O3S. The average Bonchev–Trinajstić information content (AvgIpc) is 3.59. The Labute approximate surface area is 185 Å². The summed E-state index contributed by atoms with van der Waals surface area (Å²) < 4.78 is 27.6. The molecule has 0 aliphatic heterocycles. The highest BCUT2D eigenvalue weighted by atomic mass is 32.2. The molecule has 6 nitrogen and oxygen atoms in total. The maximum absolute atomic E-state index is 12.9. The summed E-state index contributed by atoms with van der Waals surface area (Å²) in [4.78, 5) is 15.4. The van der Waals surface area contributed by atoms with Gasteiger partial charge in [0.05, 0.1) is 4.90 Å². The largest absolute Gasteiger partial charge is 0.322 e. The van der Waals surface area contributed by atoms with E-state index in [1.54, 1.807) is 12.1 Å². The van der Waals surface area contributed by atoms with Gasteiger partial charge < -0.3 is 5.32 Å². The van der Waals surface area contributed by atoms with Crippen LogP contribution < -0.4 is 10.0 Å². The van der Waals surface area contributed by atoms with Gasteiger partial charge in [-0.1, -0.05) is 43.5 Å². The van der Waals surface area contributed by atoms with Crippen molar-refractivity contribution in [2.45, 2.75) is 68.5 Å². The van der Waals surface area contributed by atoms with Gasteiger partial charge in [0.2, 0.25) is 10.0 Å². The molecule has 0 aromatic heterocycles. The van der Waals surface area contributed by atoms with Gasteiger partial charge >= 0.3 is 0 Å². The lowest BCUT2D eigenvalue weighted by atomic mass is 9.94. The minimum Gasteiger partial charge on any atom is -0.322 e. The lowest BCUT2D eigenvalue weighted by Crippen LogP contribution is -2.33. The minimum atomic E-state index is -3.60. The van der Waals surface area contributed by atoms with E-state index in [1.165, 1.54) is 44.2 Å². The summed E-state index contributed by atoms with van der Waals surface area (Å²) in [7, 11) is -1.45. The van der Waals surface area contributed by atoms with E-state index >= 15 is 0 Å². The smallest absolute Gasteiger partial charge is 0.255 e. The Kier molecular flexibility index (Phi) is 6.74. The third-order valence-corrected chi connectivity index (χ3v) is 7.71. The van der Waals surface area contributed by atoms with Crippen molar-refractivity contribution >= 4 is 21.6 Å². The number of hydrogen-bond donors (Lipinski definition) is 2. The highest BCUT2D eigenvalue weighted by molar-refractivity contribution is 7.89. The van der Waals surface area contributed by atoms with Crippen LogP contribution in [0.1, 0.15) is 60.9 Å². The highest BCUT2D eigenvalue weighted by Gasteiger charge is 2.28. The van der Waals surface area contributed by atoms with Gasteiger partial charge in [-0.15, -0.1) is 0 Å². The van der Waals surface area contributed by atoms with Gasteiger partial charge in [0.15, 0.2) is 0 Å². The van der Waals surface area contributed by atoms with Gasteiger partial charge in [0.25, 0.3) is 5.91 Å². The standard InChI is InChI=1S/C24H31N3O3S/c1-27(21-10-3-2-4-11-21)17-19-8-5-6-13-23(19)25-24(28)18-9-7-12-22(16-18)31(29,30)26-20-14-15-20/h5-9,12-13,16,20-21,26H,2-4,10-11,14-15,17H2,1H3,(H,25,28). The topological polar surface area (TPSA) is 78.5 Å². The Hall–Kier alpha value is -2.22. The van der Waals surface area contributed by atoms with Crippen molar-refractivity contribution in [1.82, 2.24) is 9.62 Å². The van der Waals surface area contributed by atoms with Crippen molar-refractivity contribution in [3.8, 4) is 0 Å². The predicted octanol–water partition coefficient (Wildman–Crippen LogP) is 4.14. The molecule has 4 rings (SSSR count). The van der Waals surface area contributed by atoms with E-state index in [4.69, 9.17) is 0 Å². The zero-order valence-corrected chi connectivity index (χ0v) is 18.8. The highest BCUT2D eigenvalue weighted by Crippen LogP contribution is 2.26. The van der Waals surface area contributed by atoms with Crippen molar-refractivity contribution in [1.29, 1.82) is 0 Å². The monoisotopic (exact) mass is 441 g/mol. The quantitative estimate of drug-likeness (QED) is 0.645. The second kappa shape index (κ2) is 9.51. The third kappa shape index (κ3) is 5.73. The Balaban J connectivity index is 1.47. The summed E-state index contributed by atoms with van der Waals surface area (Å²) in [5.74, 6) is -0.309. The number of para-hydroxylation sites is 1. The Bertz CT molecular complexity index is 1030. The number of hydrogen-bond acceptors (Lipinski definition) is 4. The number of nitrogens with zero attached hydrogens (tertiary/aromatic N) is 1. The molecule has 0 unspecified atom stereocenters. The number of benzene rings is 2. The molecule has 0 saturated heterocycles. The summed E-state index contributed by atoms with van der Waals surface area (Å²) in [5, 5.41) is 2.99. The molecule has 2 aromatic rings. The summed E-state index contributed by atoms with van der Waals surface area (Å²) in [6.45, 7) is 0.765. The van der Waals surface area contributed by atoms with Crippen molar-refractivity contribution in [2.24, 2.45) is 0 Å². The Morgan fingerprint density at radius 1 is 1.00 bits per heavy atom. The maximum Gasteiger partial charge on any atom is 0.255 e. The van der Waals surface area contributed by atoms with Gasteiger partial charge in [-0.2, -0.15) is 0 Å². The molecule has 0 atom stereocenters. The first-order valence-corrected chi connectivity index (χ1v) is 12.6. The van der Waals surface area contributed by atoms with E-state index in [0.717, 1.165) is 30.6 Å². The second-order valence-corrected chi connectivity index (χ2v) is 10.5. The molecule has 1 amide bonds. The number of anilines is 1. The van der Waals surface area contributed by atoms with Crippen LogP contribution in [0.4, 0.5) is 5.69 Å². The molecule has 31 heavy (non-hydrogen) atoms. The van der Waals surface area contributed by atoms with Crippen molar-refractivity contribution in [3.05, 3.63) is 59.7 Å². The minimum absolute atomic E-state index is 0.0236. The van der Waals surface area contributed by atoms with Gasteiger partial charge in [-0.25, -0.2) is 13.1 Å². The molecule has 0 spiro atoms. The van der Waals surface area contributed by atoms with Crippen LogP contribution >= 0.6 is 0 Å². The molecule has 0 heterocycles.